The van der Waals surface area contributed by atoms with Crippen molar-refractivity contribution in [2.75, 3.05) is 6.61 Å². The van der Waals surface area contributed by atoms with E-state index in [2.05, 4.69) is 34.0 Å². The number of aryl methyl sites for hydroxylation is 2. The van der Waals surface area contributed by atoms with Gasteiger partial charge in [0.1, 0.15) is 5.76 Å². The van der Waals surface area contributed by atoms with Crippen LogP contribution in [-0.4, -0.2) is 27.3 Å². The van der Waals surface area contributed by atoms with E-state index >= 15 is 0 Å². The van der Waals surface area contributed by atoms with Crippen molar-refractivity contribution < 1.29 is 14.4 Å². The molecule has 2 aromatic carbocycles. The average molecular weight is 418 g/mol. The van der Waals surface area contributed by atoms with Gasteiger partial charge in [-0.1, -0.05) is 24.2 Å². The van der Waals surface area contributed by atoms with Crippen LogP contribution in [0.15, 0.2) is 34.9 Å². The van der Waals surface area contributed by atoms with E-state index in [-0.39, 0.29) is 12.5 Å². The van der Waals surface area contributed by atoms with Crippen LogP contribution in [0.2, 0.25) is 0 Å². The molecule has 0 saturated heterocycles. The average Bonchev–Trinajstić information content (AvgIpc) is 3.45. The Morgan fingerprint density at radius 3 is 2.65 bits per heavy atom. The fourth-order valence-corrected chi connectivity index (χ4v) is 4.64. The van der Waals surface area contributed by atoms with Crippen molar-refractivity contribution in [3.05, 3.63) is 52.9 Å². The minimum Gasteiger partial charge on any atom is -0.396 e. The maximum atomic E-state index is 12.6. The van der Waals surface area contributed by atoms with Crippen molar-refractivity contribution in [3.8, 4) is 11.1 Å². The second-order valence-electron chi connectivity index (χ2n) is 8.90. The number of hydrogen-bond donors (Lipinski definition) is 2. The number of benzene rings is 2. The molecule has 4 aromatic rings. The predicted molar refractivity (Wildman–Crippen MR) is 121 cm³/mol. The Hall–Kier alpha value is -3.12. The number of fused-ring (bicyclic) bond motifs is 3. The molecule has 160 valence electrons. The monoisotopic (exact) mass is 417 g/mol. The van der Waals surface area contributed by atoms with E-state index < -0.39 is 5.91 Å². The molecule has 0 aliphatic heterocycles. The first-order valence-electron chi connectivity index (χ1n) is 10.8. The maximum absolute atomic E-state index is 12.6. The zero-order chi connectivity index (χ0) is 21.9. The summed E-state index contributed by atoms with van der Waals surface area (Å²) in [7, 11) is 0. The first kappa shape index (κ1) is 19.8. The number of rotatable bonds is 6. The lowest BCUT2D eigenvalue weighted by Crippen LogP contribution is -2.14. The lowest BCUT2D eigenvalue weighted by atomic mass is 9.97. The Kier molecular flexibility index (Phi) is 4.63. The molecular formula is C25H27N3O3. The van der Waals surface area contributed by atoms with E-state index in [0.717, 1.165) is 50.7 Å². The molecule has 1 aliphatic carbocycles. The van der Waals surface area contributed by atoms with Gasteiger partial charge in [0.2, 0.25) is 0 Å². The number of hydrogen-bond acceptors (Lipinski definition) is 4. The number of nitrogens with two attached hydrogens (primary N) is 1. The van der Waals surface area contributed by atoms with E-state index in [1.54, 1.807) is 0 Å². The van der Waals surface area contributed by atoms with E-state index in [1.807, 2.05) is 26.8 Å². The summed E-state index contributed by atoms with van der Waals surface area (Å²) in [6.07, 6.45) is 2.41. The molecule has 1 aliphatic rings. The Morgan fingerprint density at radius 1 is 1.26 bits per heavy atom. The van der Waals surface area contributed by atoms with Crippen molar-refractivity contribution in [2.24, 2.45) is 11.7 Å². The highest BCUT2D eigenvalue weighted by Crippen LogP contribution is 2.40. The lowest BCUT2D eigenvalue weighted by molar-refractivity contribution is 0.100. The number of carbonyl (C=O) groups excluding carboxylic acids is 1. The van der Waals surface area contributed by atoms with Crippen molar-refractivity contribution in [2.45, 2.75) is 46.1 Å². The number of primary amides is 1. The Morgan fingerprint density at radius 2 is 2.03 bits per heavy atom. The molecule has 31 heavy (non-hydrogen) atoms. The minimum atomic E-state index is -0.442. The van der Waals surface area contributed by atoms with Gasteiger partial charge in [-0.2, -0.15) is 0 Å². The van der Waals surface area contributed by atoms with Crippen LogP contribution in [0.25, 0.3) is 32.9 Å². The summed E-state index contributed by atoms with van der Waals surface area (Å²) in [5, 5.41) is 15.8. The van der Waals surface area contributed by atoms with Crippen LogP contribution in [0.5, 0.6) is 0 Å². The molecule has 2 heterocycles. The van der Waals surface area contributed by atoms with Gasteiger partial charge >= 0.3 is 0 Å². The lowest BCUT2D eigenvalue weighted by Gasteiger charge is -2.12. The summed E-state index contributed by atoms with van der Waals surface area (Å²) < 4.78 is 7.63. The molecule has 1 unspecified atom stereocenters. The zero-order valence-corrected chi connectivity index (χ0v) is 18.1. The summed E-state index contributed by atoms with van der Waals surface area (Å²) in [4.78, 5) is 12.6. The Labute approximate surface area is 180 Å². The van der Waals surface area contributed by atoms with Crippen molar-refractivity contribution >= 4 is 27.7 Å². The quantitative estimate of drug-likeness (QED) is 0.477. The third-order valence-corrected chi connectivity index (χ3v) is 6.55. The second kappa shape index (κ2) is 7.24. The van der Waals surface area contributed by atoms with Crippen LogP contribution in [0.4, 0.5) is 0 Å². The molecule has 0 spiro atoms. The second-order valence-corrected chi connectivity index (χ2v) is 8.90. The summed E-state index contributed by atoms with van der Waals surface area (Å²) in [6, 6.07) is 10.3. The molecule has 6 nitrogen and oxygen atoms in total. The van der Waals surface area contributed by atoms with Gasteiger partial charge in [-0.15, -0.1) is 0 Å². The molecule has 1 atom stereocenters. The highest BCUT2D eigenvalue weighted by atomic mass is 16.5. The number of aliphatic hydroxyl groups excluding tert-OH is 1. The van der Waals surface area contributed by atoms with Crippen LogP contribution < -0.4 is 5.73 Å². The normalized spacial score (nSPS) is 15.1. The van der Waals surface area contributed by atoms with Crippen molar-refractivity contribution in [1.29, 1.82) is 0 Å². The third kappa shape index (κ3) is 3.22. The van der Waals surface area contributed by atoms with Crippen molar-refractivity contribution in [3.63, 3.8) is 0 Å². The first-order valence-corrected chi connectivity index (χ1v) is 10.8. The van der Waals surface area contributed by atoms with E-state index in [4.69, 9.17) is 10.3 Å². The third-order valence-electron chi connectivity index (χ3n) is 6.55. The van der Waals surface area contributed by atoms with Gasteiger partial charge in [0.25, 0.3) is 5.91 Å². The van der Waals surface area contributed by atoms with Gasteiger partial charge < -0.3 is 19.9 Å². The largest absolute Gasteiger partial charge is 0.396 e. The summed E-state index contributed by atoms with van der Waals surface area (Å²) in [5.74, 6) is 0.946. The number of amides is 1. The molecule has 0 radical (unpaired) electrons. The van der Waals surface area contributed by atoms with Gasteiger partial charge in [0.15, 0.2) is 0 Å². The van der Waals surface area contributed by atoms with Gasteiger partial charge in [-0.3, -0.25) is 4.79 Å². The van der Waals surface area contributed by atoms with Crippen LogP contribution in [0.1, 0.15) is 53.1 Å². The smallest absolute Gasteiger partial charge is 0.250 e. The predicted octanol–water partition coefficient (Wildman–Crippen LogP) is 4.67. The highest BCUT2D eigenvalue weighted by Gasteiger charge is 2.27. The standard InChI is InChI=1S/C25H27N3O3/c1-13(12-29)17-6-7-19-20-8-18(23-14(2)27-31-15(23)3)9-21(25(26)30)24(20)28(22(19)10-17)11-16-4-5-16/h6-10,13,16,29H,4-5,11-12H2,1-3H3,(H2,26,30). The van der Waals surface area contributed by atoms with E-state index in [1.165, 1.54) is 12.8 Å². The fraction of sp³-hybridized carbons (Fsp3) is 0.360. The van der Waals surface area contributed by atoms with Gasteiger partial charge in [-0.25, -0.2) is 0 Å². The van der Waals surface area contributed by atoms with Crippen LogP contribution in [-0.2, 0) is 6.54 Å². The molecular weight excluding hydrogens is 390 g/mol. The summed E-state index contributed by atoms with van der Waals surface area (Å²) >= 11 is 0. The van der Waals surface area contributed by atoms with E-state index in [0.29, 0.717) is 17.2 Å². The fourth-order valence-electron chi connectivity index (χ4n) is 4.64. The Bertz CT molecular complexity index is 1310. The molecule has 3 N–H and O–H groups in total. The maximum Gasteiger partial charge on any atom is 0.250 e. The molecule has 5 rings (SSSR count). The van der Waals surface area contributed by atoms with Gasteiger partial charge in [0, 0.05) is 40.9 Å². The van der Waals surface area contributed by atoms with E-state index in [9.17, 15) is 9.90 Å². The van der Waals surface area contributed by atoms with Gasteiger partial charge in [0.05, 0.1) is 16.8 Å². The summed E-state index contributed by atoms with van der Waals surface area (Å²) in [6.45, 7) is 6.75. The van der Waals surface area contributed by atoms with Crippen LogP contribution in [0.3, 0.4) is 0 Å². The zero-order valence-electron chi connectivity index (χ0n) is 18.1. The number of aromatic nitrogens is 2. The van der Waals surface area contributed by atoms with Crippen molar-refractivity contribution in [1.82, 2.24) is 9.72 Å². The topological polar surface area (TPSA) is 94.3 Å². The molecule has 0 bridgehead atoms. The SMILES string of the molecule is Cc1noc(C)c1-c1cc(C(N)=O)c2c(c1)c1ccc(C(C)CO)cc1n2CC1CC1. The molecule has 6 heteroatoms. The Balaban J connectivity index is 1.87. The summed E-state index contributed by atoms with van der Waals surface area (Å²) in [5.41, 5.74) is 12.0. The molecule has 2 aromatic heterocycles. The first-order chi connectivity index (χ1) is 14.9. The number of nitrogens with zero attached hydrogens (tertiary/aromatic N) is 2. The number of aliphatic hydroxyl groups is 1. The van der Waals surface area contributed by atoms with Crippen LogP contribution >= 0.6 is 0 Å². The highest BCUT2D eigenvalue weighted by molar-refractivity contribution is 6.17. The number of carbonyl (C=O) groups is 1. The van der Waals surface area contributed by atoms with Crippen LogP contribution in [0, 0.1) is 19.8 Å². The molecule has 1 fully saturated rings. The van der Waals surface area contributed by atoms with Gasteiger partial charge in [-0.05, 0) is 61.9 Å². The molecule has 1 saturated carbocycles. The molecule has 1 amide bonds. The minimum absolute atomic E-state index is 0.0465.